The molecule has 112 valence electrons. The quantitative estimate of drug-likeness (QED) is 0.914. The molecule has 1 aliphatic heterocycles. The van der Waals surface area contributed by atoms with Crippen LogP contribution in [0.1, 0.15) is 53.0 Å². The van der Waals surface area contributed by atoms with Gasteiger partial charge in [0.1, 0.15) is 11.4 Å². The molecule has 1 heterocycles. The second-order valence-corrected chi connectivity index (χ2v) is 6.75. The van der Waals surface area contributed by atoms with Crippen LogP contribution in [0.5, 0.6) is 5.75 Å². The summed E-state index contributed by atoms with van der Waals surface area (Å²) in [6.07, 6.45) is 1.50. The highest BCUT2D eigenvalue weighted by Gasteiger charge is 2.58. The summed E-state index contributed by atoms with van der Waals surface area (Å²) in [6.45, 7) is 10.6. The second-order valence-electron chi connectivity index (χ2n) is 6.75. The molecule has 20 heavy (non-hydrogen) atoms. The summed E-state index contributed by atoms with van der Waals surface area (Å²) >= 11 is 0. The molecule has 1 unspecified atom stereocenters. The van der Waals surface area contributed by atoms with Crippen molar-refractivity contribution in [2.75, 3.05) is 6.61 Å². The van der Waals surface area contributed by atoms with E-state index in [0.717, 1.165) is 17.7 Å². The highest BCUT2D eigenvalue weighted by atomic mass is 16.6. The highest BCUT2D eigenvalue weighted by molar-refractivity contribution is 5.41. The number of ether oxygens (including phenoxy) is 2. The van der Waals surface area contributed by atoms with Gasteiger partial charge in [-0.2, -0.15) is 0 Å². The van der Waals surface area contributed by atoms with E-state index < -0.39 is 11.2 Å². The van der Waals surface area contributed by atoms with Crippen molar-refractivity contribution < 1.29 is 14.6 Å². The van der Waals surface area contributed by atoms with E-state index in [2.05, 4.69) is 6.92 Å². The van der Waals surface area contributed by atoms with E-state index in [-0.39, 0.29) is 5.60 Å². The van der Waals surface area contributed by atoms with Crippen LogP contribution >= 0.6 is 0 Å². The number of benzene rings is 1. The van der Waals surface area contributed by atoms with Gasteiger partial charge in [-0.3, -0.25) is 0 Å². The minimum atomic E-state index is -1.04. The monoisotopic (exact) mass is 278 g/mol. The van der Waals surface area contributed by atoms with Crippen molar-refractivity contribution in [3.8, 4) is 5.75 Å². The Hall–Kier alpha value is -1.06. The molecule has 2 rings (SSSR count). The van der Waals surface area contributed by atoms with Gasteiger partial charge >= 0.3 is 0 Å². The molecule has 1 aromatic carbocycles. The van der Waals surface area contributed by atoms with Gasteiger partial charge in [0.15, 0.2) is 0 Å². The normalized spacial score (nSPS) is 27.5. The van der Waals surface area contributed by atoms with E-state index in [9.17, 15) is 5.11 Å². The molecule has 1 fully saturated rings. The number of aliphatic hydroxyl groups is 1. The first-order valence-electron chi connectivity index (χ1n) is 7.37. The Bertz CT molecular complexity index is 479. The van der Waals surface area contributed by atoms with Crippen molar-refractivity contribution in [3.05, 3.63) is 29.8 Å². The van der Waals surface area contributed by atoms with Gasteiger partial charge in [0.05, 0.1) is 17.8 Å². The standard InChI is InChI=1S/C17H26O3/c1-6-11-19-14-10-8-7-9-13(14)17(18)12-15(2,3)20-16(17,4)5/h7-10,18H,6,11-12H2,1-5H3. The fraction of sp³-hybridized carbons (Fsp3) is 0.647. The third-order valence-corrected chi connectivity index (χ3v) is 4.00. The Morgan fingerprint density at radius 2 is 1.85 bits per heavy atom. The molecule has 0 aliphatic carbocycles. The van der Waals surface area contributed by atoms with Crippen LogP contribution in [0.15, 0.2) is 24.3 Å². The molecule has 0 saturated carbocycles. The summed E-state index contributed by atoms with van der Waals surface area (Å²) in [7, 11) is 0. The van der Waals surface area contributed by atoms with Crippen molar-refractivity contribution in [3.63, 3.8) is 0 Å². The summed E-state index contributed by atoms with van der Waals surface area (Å²) < 4.78 is 11.9. The summed E-state index contributed by atoms with van der Waals surface area (Å²) in [4.78, 5) is 0. The van der Waals surface area contributed by atoms with Crippen LogP contribution in [-0.4, -0.2) is 22.9 Å². The number of hydrogen-bond donors (Lipinski definition) is 1. The van der Waals surface area contributed by atoms with Gasteiger partial charge < -0.3 is 14.6 Å². The third-order valence-electron chi connectivity index (χ3n) is 4.00. The maximum Gasteiger partial charge on any atom is 0.125 e. The Morgan fingerprint density at radius 3 is 2.40 bits per heavy atom. The van der Waals surface area contributed by atoms with E-state index in [1.165, 1.54) is 0 Å². The fourth-order valence-electron chi connectivity index (χ4n) is 3.21. The molecule has 1 saturated heterocycles. The zero-order valence-electron chi connectivity index (χ0n) is 13.2. The minimum absolute atomic E-state index is 0.351. The Labute approximate surface area is 121 Å². The molecule has 1 aliphatic rings. The molecular formula is C17H26O3. The molecule has 0 aromatic heterocycles. The average molecular weight is 278 g/mol. The summed E-state index contributed by atoms with van der Waals surface area (Å²) in [5.74, 6) is 0.756. The lowest BCUT2D eigenvalue weighted by Crippen LogP contribution is -2.43. The maximum absolute atomic E-state index is 11.3. The summed E-state index contributed by atoms with van der Waals surface area (Å²) in [5.41, 5.74) is -1.22. The predicted molar refractivity (Wildman–Crippen MR) is 80.0 cm³/mol. The van der Waals surface area contributed by atoms with Gasteiger partial charge in [0.25, 0.3) is 0 Å². The van der Waals surface area contributed by atoms with Gasteiger partial charge in [-0.15, -0.1) is 0 Å². The average Bonchev–Trinajstić information content (AvgIpc) is 2.51. The maximum atomic E-state index is 11.3. The number of hydrogen-bond acceptors (Lipinski definition) is 3. The molecule has 0 spiro atoms. The molecule has 1 atom stereocenters. The van der Waals surface area contributed by atoms with Crippen molar-refractivity contribution in [1.29, 1.82) is 0 Å². The zero-order valence-corrected chi connectivity index (χ0v) is 13.2. The number of rotatable bonds is 4. The van der Waals surface area contributed by atoms with Crippen molar-refractivity contribution in [2.45, 2.75) is 64.3 Å². The lowest BCUT2D eigenvalue weighted by Gasteiger charge is -2.36. The molecule has 0 amide bonds. The van der Waals surface area contributed by atoms with E-state index in [0.29, 0.717) is 13.0 Å². The van der Waals surface area contributed by atoms with Crippen molar-refractivity contribution in [2.24, 2.45) is 0 Å². The molecule has 1 aromatic rings. The van der Waals surface area contributed by atoms with Crippen molar-refractivity contribution >= 4 is 0 Å². The molecule has 3 nitrogen and oxygen atoms in total. The molecule has 0 radical (unpaired) electrons. The Kier molecular flexibility index (Phi) is 3.87. The van der Waals surface area contributed by atoms with E-state index in [1.54, 1.807) is 0 Å². The first-order valence-corrected chi connectivity index (χ1v) is 7.37. The van der Waals surface area contributed by atoms with Crippen LogP contribution in [-0.2, 0) is 10.3 Å². The summed E-state index contributed by atoms with van der Waals surface area (Å²) in [6, 6.07) is 7.74. The van der Waals surface area contributed by atoms with Gasteiger partial charge in [-0.1, -0.05) is 25.1 Å². The first kappa shape index (κ1) is 15.3. The Balaban J connectivity index is 2.44. The minimum Gasteiger partial charge on any atom is -0.493 e. The topological polar surface area (TPSA) is 38.7 Å². The second kappa shape index (κ2) is 5.05. The van der Waals surface area contributed by atoms with Crippen LogP contribution < -0.4 is 4.74 Å². The van der Waals surface area contributed by atoms with E-state index in [1.807, 2.05) is 52.0 Å². The van der Waals surface area contributed by atoms with Gasteiger partial charge in [-0.05, 0) is 40.2 Å². The summed E-state index contributed by atoms with van der Waals surface area (Å²) in [5, 5.41) is 11.3. The smallest absolute Gasteiger partial charge is 0.125 e. The zero-order chi connectivity index (χ0) is 15.0. The Morgan fingerprint density at radius 1 is 1.20 bits per heavy atom. The number of para-hydroxylation sites is 1. The lowest BCUT2D eigenvalue weighted by molar-refractivity contribution is -0.130. The van der Waals surface area contributed by atoms with Gasteiger partial charge in [0, 0.05) is 12.0 Å². The van der Waals surface area contributed by atoms with Crippen molar-refractivity contribution in [1.82, 2.24) is 0 Å². The molecule has 0 bridgehead atoms. The predicted octanol–water partition coefficient (Wildman–Crippen LogP) is 3.64. The molecular weight excluding hydrogens is 252 g/mol. The lowest BCUT2D eigenvalue weighted by atomic mass is 9.77. The SMILES string of the molecule is CCCOc1ccccc1C1(O)CC(C)(C)OC1(C)C. The largest absolute Gasteiger partial charge is 0.493 e. The van der Waals surface area contributed by atoms with Gasteiger partial charge in [-0.25, -0.2) is 0 Å². The van der Waals surface area contributed by atoms with Crippen LogP contribution in [0.25, 0.3) is 0 Å². The molecule has 1 N–H and O–H groups in total. The first-order chi connectivity index (χ1) is 9.22. The van der Waals surface area contributed by atoms with E-state index in [4.69, 9.17) is 9.47 Å². The van der Waals surface area contributed by atoms with Crippen LogP contribution in [0.4, 0.5) is 0 Å². The van der Waals surface area contributed by atoms with Crippen LogP contribution in [0.3, 0.4) is 0 Å². The van der Waals surface area contributed by atoms with Gasteiger partial charge in [0.2, 0.25) is 0 Å². The van der Waals surface area contributed by atoms with Crippen LogP contribution in [0.2, 0.25) is 0 Å². The van der Waals surface area contributed by atoms with Crippen LogP contribution in [0, 0.1) is 0 Å². The fourth-order valence-corrected chi connectivity index (χ4v) is 3.21. The highest BCUT2D eigenvalue weighted by Crippen LogP contribution is 2.52. The van der Waals surface area contributed by atoms with E-state index >= 15 is 0 Å². The third kappa shape index (κ3) is 2.57. The molecule has 3 heteroatoms.